The van der Waals surface area contributed by atoms with Gasteiger partial charge in [-0.05, 0) is 12.1 Å². The topological polar surface area (TPSA) is 26.0 Å². The largest absolute Gasteiger partial charge is 0.320 e. The Morgan fingerprint density at radius 1 is 1.38 bits per heavy atom. The molecule has 0 unspecified atom stereocenters. The molecule has 0 radical (unpaired) electrons. The van der Waals surface area contributed by atoms with Crippen molar-refractivity contribution in [3.63, 3.8) is 0 Å². The van der Waals surface area contributed by atoms with Crippen molar-refractivity contribution in [3.8, 4) is 11.8 Å². The van der Waals surface area contributed by atoms with Gasteiger partial charge in [0.25, 0.3) is 0 Å². The molecule has 13 heavy (non-hydrogen) atoms. The summed E-state index contributed by atoms with van der Waals surface area (Å²) in [6.45, 7) is 0.199. The van der Waals surface area contributed by atoms with E-state index in [1.54, 1.807) is 0 Å². The summed E-state index contributed by atoms with van der Waals surface area (Å²) in [4.78, 5) is 0. The summed E-state index contributed by atoms with van der Waals surface area (Å²) < 4.78 is 13.0. The average molecular weight is 218 g/mol. The molecule has 0 aliphatic rings. The Morgan fingerprint density at radius 3 is 2.69 bits per heavy atom. The molecule has 0 fully saturated rings. The second-order valence-corrected chi connectivity index (χ2v) is 3.07. The van der Waals surface area contributed by atoms with Gasteiger partial charge in [0.2, 0.25) is 0 Å². The molecule has 0 aliphatic carbocycles. The van der Waals surface area contributed by atoms with E-state index < -0.39 is 5.82 Å². The molecule has 0 aromatic heterocycles. The van der Waals surface area contributed by atoms with Gasteiger partial charge in [-0.25, -0.2) is 4.39 Å². The summed E-state index contributed by atoms with van der Waals surface area (Å²) in [5, 5.41) is 0.244. The predicted octanol–water partition coefficient (Wildman–Crippen LogP) is 2.44. The van der Waals surface area contributed by atoms with Gasteiger partial charge < -0.3 is 5.73 Å². The molecule has 0 bridgehead atoms. The molecule has 1 aromatic rings. The summed E-state index contributed by atoms with van der Waals surface area (Å²) in [7, 11) is 0. The van der Waals surface area contributed by atoms with Crippen LogP contribution in [0.4, 0.5) is 4.39 Å². The van der Waals surface area contributed by atoms with Crippen LogP contribution in [0.15, 0.2) is 12.1 Å². The molecule has 0 amide bonds. The van der Waals surface area contributed by atoms with Crippen LogP contribution in [0.5, 0.6) is 0 Å². The lowest BCUT2D eigenvalue weighted by atomic mass is 10.2. The Morgan fingerprint density at radius 2 is 2.08 bits per heavy atom. The molecule has 1 nitrogen and oxygen atoms in total. The summed E-state index contributed by atoms with van der Waals surface area (Å²) >= 11 is 11.2. The normalized spacial score (nSPS) is 9.23. The second kappa shape index (κ2) is 4.48. The van der Waals surface area contributed by atoms with E-state index in [9.17, 15) is 4.39 Å². The SMILES string of the molecule is NCC#Cc1cc(Cl)cc(F)c1Cl. The lowest BCUT2D eigenvalue weighted by Crippen LogP contribution is -1.93. The van der Waals surface area contributed by atoms with Crippen LogP contribution in [-0.4, -0.2) is 6.54 Å². The maximum absolute atomic E-state index is 13.0. The molecule has 1 aromatic carbocycles. The first-order valence-electron chi connectivity index (χ1n) is 3.48. The molecule has 2 N–H and O–H groups in total. The van der Waals surface area contributed by atoms with Crippen molar-refractivity contribution in [2.24, 2.45) is 5.73 Å². The minimum absolute atomic E-state index is 0.0228. The Hall–Kier alpha value is -0.750. The number of rotatable bonds is 0. The summed E-state index contributed by atoms with van der Waals surface area (Å²) in [6.07, 6.45) is 0. The van der Waals surface area contributed by atoms with Gasteiger partial charge in [-0.1, -0.05) is 35.0 Å². The first-order valence-corrected chi connectivity index (χ1v) is 4.24. The van der Waals surface area contributed by atoms with Crippen molar-refractivity contribution in [1.82, 2.24) is 0 Å². The van der Waals surface area contributed by atoms with Gasteiger partial charge in [-0.3, -0.25) is 0 Å². The first-order chi connectivity index (χ1) is 6.15. The third-order valence-electron chi connectivity index (χ3n) is 1.32. The fraction of sp³-hybridized carbons (Fsp3) is 0.111. The Labute approximate surface area is 85.6 Å². The van der Waals surface area contributed by atoms with Crippen molar-refractivity contribution in [2.45, 2.75) is 0 Å². The number of halogens is 3. The molecular weight excluding hydrogens is 212 g/mol. The van der Waals surface area contributed by atoms with E-state index in [-0.39, 0.29) is 16.6 Å². The van der Waals surface area contributed by atoms with E-state index >= 15 is 0 Å². The van der Waals surface area contributed by atoms with Crippen LogP contribution in [0.25, 0.3) is 0 Å². The van der Waals surface area contributed by atoms with Crippen LogP contribution in [0, 0.1) is 17.7 Å². The van der Waals surface area contributed by atoms with Gasteiger partial charge in [0, 0.05) is 10.6 Å². The van der Waals surface area contributed by atoms with Gasteiger partial charge in [0.15, 0.2) is 0 Å². The van der Waals surface area contributed by atoms with E-state index in [0.717, 1.165) is 6.07 Å². The quantitative estimate of drug-likeness (QED) is 0.525. The second-order valence-electron chi connectivity index (χ2n) is 2.26. The third kappa shape index (κ3) is 2.60. The average Bonchev–Trinajstić information content (AvgIpc) is 2.09. The molecule has 0 saturated heterocycles. The molecule has 0 heterocycles. The Kier molecular flexibility index (Phi) is 3.56. The lowest BCUT2D eigenvalue weighted by Gasteiger charge is -1.98. The Bertz CT molecular complexity index is 379. The van der Waals surface area contributed by atoms with Crippen molar-refractivity contribution in [3.05, 3.63) is 33.6 Å². The maximum atomic E-state index is 13.0. The van der Waals surface area contributed by atoms with E-state index in [0.29, 0.717) is 5.56 Å². The highest BCUT2D eigenvalue weighted by Gasteiger charge is 2.05. The number of benzene rings is 1. The van der Waals surface area contributed by atoms with E-state index in [4.69, 9.17) is 28.9 Å². The zero-order chi connectivity index (χ0) is 9.84. The molecule has 0 atom stereocenters. The highest BCUT2D eigenvalue weighted by atomic mass is 35.5. The standard InChI is InChI=1S/C9H6Cl2FN/c10-7-4-6(2-1-3-13)9(11)8(12)5-7/h4-5H,3,13H2. The fourth-order valence-corrected chi connectivity index (χ4v) is 1.15. The van der Waals surface area contributed by atoms with E-state index in [1.165, 1.54) is 6.07 Å². The van der Waals surface area contributed by atoms with Gasteiger partial charge in [0.1, 0.15) is 5.82 Å². The van der Waals surface area contributed by atoms with Crippen LogP contribution >= 0.6 is 23.2 Å². The zero-order valence-electron chi connectivity index (χ0n) is 6.57. The lowest BCUT2D eigenvalue weighted by molar-refractivity contribution is 0.628. The molecular formula is C9H6Cl2FN. The molecule has 1 rings (SSSR count). The molecule has 0 saturated carbocycles. The van der Waals surface area contributed by atoms with Crippen LogP contribution in [0.1, 0.15) is 5.56 Å². The van der Waals surface area contributed by atoms with Crippen LogP contribution in [-0.2, 0) is 0 Å². The van der Waals surface area contributed by atoms with Gasteiger partial charge in [-0.15, -0.1) is 0 Å². The van der Waals surface area contributed by atoms with Gasteiger partial charge >= 0.3 is 0 Å². The van der Waals surface area contributed by atoms with Crippen molar-refractivity contribution in [2.75, 3.05) is 6.54 Å². The van der Waals surface area contributed by atoms with Crippen LogP contribution < -0.4 is 5.73 Å². The molecule has 68 valence electrons. The third-order valence-corrected chi connectivity index (χ3v) is 1.92. The highest BCUT2D eigenvalue weighted by molar-refractivity contribution is 6.34. The van der Waals surface area contributed by atoms with Crippen LogP contribution in [0.3, 0.4) is 0 Å². The summed E-state index contributed by atoms with van der Waals surface area (Å²) in [6, 6.07) is 2.63. The van der Waals surface area contributed by atoms with E-state index in [2.05, 4.69) is 11.8 Å². The van der Waals surface area contributed by atoms with Gasteiger partial charge in [-0.2, -0.15) is 0 Å². The summed E-state index contributed by atoms with van der Waals surface area (Å²) in [5.41, 5.74) is 5.52. The zero-order valence-corrected chi connectivity index (χ0v) is 8.08. The molecule has 4 heteroatoms. The highest BCUT2D eigenvalue weighted by Crippen LogP contribution is 2.23. The fourth-order valence-electron chi connectivity index (χ4n) is 0.793. The van der Waals surface area contributed by atoms with Gasteiger partial charge in [0.05, 0.1) is 11.6 Å². The van der Waals surface area contributed by atoms with Crippen molar-refractivity contribution < 1.29 is 4.39 Å². The molecule has 0 aliphatic heterocycles. The van der Waals surface area contributed by atoms with Crippen molar-refractivity contribution in [1.29, 1.82) is 0 Å². The first kappa shape index (κ1) is 10.3. The van der Waals surface area contributed by atoms with E-state index in [1.807, 2.05) is 0 Å². The number of hydrogen-bond donors (Lipinski definition) is 1. The monoisotopic (exact) mass is 217 g/mol. The smallest absolute Gasteiger partial charge is 0.144 e. The Balaban J connectivity index is 3.20. The minimum atomic E-state index is -0.574. The number of hydrogen-bond acceptors (Lipinski definition) is 1. The number of nitrogens with two attached hydrogens (primary N) is 1. The minimum Gasteiger partial charge on any atom is -0.320 e. The maximum Gasteiger partial charge on any atom is 0.144 e. The van der Waals surface area contributed by atoms with Crippen LogP contribution in [0.2, 0.25) is 10.0 Å². The predicted molar refractivity (Wildman–Crippen MR) is 52.4 cm³/mol. The molecule has 0 spiro atoms. The summed E-state index contributed by atoms with van der Waals surface area (Å²) in [5.74, 6) is 4.62. The van der Waals surface area contributed by atoms with Crippen molar-refractivity contribution >= 4 is 23.2 Å².